The maximum atomic E-state index is 9.55. The van der Waals surface area contributed by atoms with Gasteiger partial charge in [0.15, 0.2) is 0 Å². The molecule has 1 unspecified atom stereocenters. The molecule has 4 heteroatoms. The van der Waals surface area contributed by atoms with Crippen molar-refractivity contribution in [3.63, 3.8) is 0 Å². The summed E-state index contributed by atoms with van der Waals surface area (Å²) in [6.45, 7) is 2.22. The first-order valence-corrected chi connectivity index (χ1v) is 6.97. The maximum absolute atomic E-state index is 9.55. The summed E-state index contributed by atoms with van der Waals surface area (Å²) >= 11 is 0. The average molecular weight is 277 g/mol. The molecule has 0 radical (unpaired) electrons. The van der Waals surface area contributed by atoms with Crippen LogP contribution in [0.4, 0.5) is 0 Å². The van der Waals surface area contributed by atoms with Gasteiger partial charge in [-0.15, -0.1) is 0 Å². The van der Waals surface area contributed by atoms with Gasteiger partial charge in [0.2, 0.25) is 0 Å². The van der Waals surface area contributed by atoms with Crippen molar-refractivity contribution < 1.29 is 14.6 Å². The molecule has 0 fully saturated rings. The molecule has 1 atom stereocenters. The van der Waals surface area contributed by atoms with E-state index in [9.17, 15) is 5.11 Å². The molecule has 1 aliphatic heterocycles. The summed E-state index contributed by atoms with van der Waals surface area (Å²) in [5, 5.41) is 9.55. The van der Waals surface area contributed by atoms with E-state index in [2.05, 4.69) is 19.0 Å². The molecular weight excluding hydrogens is 254 g/mol. The molecule has 1 N–H and O–H groups in total. The number of hydrogen-bond acceptors (Lipinski definition) is 4. The Kier molecular flexibility index (Phi) is 5.17. The molecule has 4 nitrogen and oxygen atoms in total. The summed E-state index contributed by atoms with van der Waals surface area (Å²) < 4.78 is 11.3. The van der Waals surface area contributed by atoms with E-state index >= 15 is 0 Å². The van der Waals surface area contributed by atoms with Crippen molar-refractivity contribution in [3.05, 3.63) is 42.0 Å². The summed E-state index contributed by atoms with van der Waals surface area (Å²) in [5.74, 6) is 0.850. The molecule has 1 aliphatic rings. The van der Waals surface area contributed by atoms with Gasteiger partial charge in [0.1, 0.15) is 11.4 Å². The van der Waals surface area contributed by atoms with Crippen LogP contribution in [0.2, 0.25) is 0 Å². The third-order valence-electron chi connectivity index (χ3n) is 3.42. The highest BCUT2D eigenvalue weighted by atomic mass is 16.5. The lowest BCUT2D eigenvalue weighted by Gasteiger charge is -2.25. The molecule has 0 aliphatic carbocycles. The highest BCUT2D eigenvalue weighted by molar-refractivity contribution is 5.35. The van der Waals surface area contributed by atoms with Gasteiger partial charge < -0.3 is 19.5 Å². The summed E-state index contributed by atoms with van der Waals surface area (Å²) in [6.07, 6.45) is 4.85. The van der Waals surface area contributed by atoms with Gasteiger partial charge in [0.25, 0.3) is 0 Å². The molecule has 0 saturated heterocycles. The maximum Gasteiger partial charge on any atom is 0.135 e. The zero-order valence-electron chi connectivity index (χ0n) is 12.2. The minimum Gasteiger partial charge on any atom is -0.494 e. The molecule has 20 heavy (non-hydrogen) atoms. The van der Waals surface area contributed by atoms with Crippen LogP contribution >= 0.6 is 0 Å². The Morgan fingerprint density at radius 3 is 2.60 bits per heavy atom. The lowest BCUT2D eigenvalue weighted by molar-refractivity contribution is -0.0216. The van der Waals surface area contributed by atoms with E-state index in [1.165, 1.54) is 0 Å². The minimum atomic E-state index is -0.677. The van der Waals surface area contributed by atoms with Crippen LogP contribution in [0.3, 0.4) is 0 Å². The van der Waals surface area contributed by atoms with Gasteiger partial charge in [0.05, 0.1) is 19.8 Å². The molecule has 110 valence electrons. The molecule has 0 aromatic heterocycles. The lowest BCUT2D eigenvalue weighted by atomic mass is 9.95. The number of ether oxygens (including phenoxy) is 2. The number of rotatable bonds is 7. The third-order valence-corrected chi connectivity index (χ3v) is 3.42. The molecule has 0 saturated carbocycles. The van der Waals surface area contributed by atoms with Crippen molar-refractivity contribution in [1.82, 2.24) is 4.90 Å². The number of nitrogens with zero attached hydrogens (tertiary/aromatic N) is 1. The first-order chi connectivity index (χ1) is 9.66. The highest BCUT2D eigenvalue weighted by Crippen LogP contribution is 2.31. The Hall–Kier alpha value is -1.36. The molecule has 2 rings (SSSR count). The molecule has 0 spiro atoms. The molecule has 0 amide bonds. The fraction of sp³-hybridized carbons (Fsp3) is 0.500. The van der Waals surface area contributed by atoms with E-state index in [0.717, 1.165) is 24.3 Å². The van der Waals surface area contributed by atoms with E-state index in [1.807, 2.05) is 36.4 Å². The standard InChI is InChI=1S/C16H23NO3/c1-17(2)10-4-11-19-15-7-5-14(6-8-15)16(13-18)9-3-12-20-16/h3,5-9,18H,4,10-13H2,1-2H3. The van der Waals surface area contributed by atoms with Crippen LogP contribution in [0.5, 0.6) is 5.75 Å². The molecule has 1 aromatic rings. The predicted octanol–water partition coefficient (Wildman–Crippen LogP) is 1.79. The van der Waals surface area contributed by atoms with Gasteiger partial charge in [-0.3, -0.25) is 0 Å². The molecule has 1 aromatic carbocycles. The monoisotopic (exact) mass is 277 g/mol. The Morgan fingerprint density at radius 1 is 1.30 bits per heavy atom. The number of aliphatic hydroxyl groups excluding tert-OH is 1. The van der Waals surface area contributed by atoms with E-state index in [4.69, 9.17) is 9.47 Å². The number of hydrogen-bond donors (Lipinski definition) is 1. The Morgan fingerprint density at radius 2 is 2.05 bits per heavy atom. The second-order valence-corrected chi connectivity index (χ2v) is 5.29. The smallest absolute Gasteiger partial charge is 0.135 e. The van der Waals surface area contributed by atoms with Crippen LogP contribution in [0.25, 0.3) is 0 Å². The average Bonchev–Trinajstić information content (AvgIpc) is 2.94. The summed E-state index contributed by atoms with van der Waals surface area (Å²) in [5.41, 5.74) is 0.276. The predicted molar refractivity (Wildman–Crippen MR) is 79.0 cm³/mol. The van der Waals surface area contributed by atoms with E-state index < -0.39 is 5.60 Å². The van der Waals surface area contributed by atoms with Crippen molar-refractivity contribution in [2.24, 2.45) is 0 Å². The normalized spacial score (nSPS) is 21.6. The SMILES string of the molecule is CN(C)CCCOc1ccc(C2(CO)C=CCO2)cc1. The van der Waals surface area contributed by atoms with Gasteiger partial charge in [0, 0.05) is 6.54 Å². The van der Waals surface area contributed by atoms with Crippen LogP contribution in [0.1, 0.15) is 12.0 Å². The molecular formula is C16H23NO3. The second-order valence-electron chi connectivity index (χ2n) is 5.29. The van der Waals surface area contributed by atoms with Gasteiger partial charge >= 0.3 is 0 Å². The van der Waals surface area contributed by atoms with Crippen LogP contribution in [-0.4, -0.2) is 50.5 Å². The Bertz CT molecular complexity index is 442. The summed E-state index contributed by atoms with van der Waals surface area (Å²) in [4.78, 5) is 2.14. The summed E-state index contributed by atoms with van der Waals surface area (Å²) in [7, 11) is 4.11. The van der Waals surface area contributed by atoms with Crippen molar-refractivity contribution >= 4 is 0 Å². The van der Waals surface area contributed by atoms with E-state index in [1.54, 1.807) is 0 Å². The highest BCUT2D eigenvalue weighted by Gasteiger charge is 2.32. The van der Waals surface area contributed by atoms with Gasteiger partial charge in [-0.2, -0.15) is 0 Å². The van der Waals surface area contributed by atoms with Gasteiger partial charge in [-0.25, -0.2) is 0 Å². The van der Waals surface area contributed by atoms with Crippen LogP contribution < -0.4 is 4.74 Å². The lowest BCUT2D eigenvalue weighted by Crippen LogP contribution is -2.28. The second kappa shape index (κ2) is 6.88. The van der Waals surface area contributed by atoms with E-state index in [-0.39, 0.29) is 6.61 Å². The summed E-state index contributed by atoms with van der Waals surface area (Å²) in [6, 6.07) is 7.76. The zero-order valence-corrected chi connectivity index (χ0v) is 12.2. The molecule has 0 bridgehead atoms. The first kappa shape index (κ1) is 15.0. The van der Waals surface area contributed by atoms with Gasteiger partial charge in [-0.1, -0.05) is 18.2 Å². The third kappa shape index (κ3) is 3.60. The largest absolute Gasteiger partial charge is 0.494 e. The van der Waals surface area contributed by atoms with Crippen LogP contribution in [0, 0.1) is 0 Å². The van der Waals surface area contributed by atoms with Crippen LogP contribution in [-0.2, 0) is 10.3 Å². The number of benzene rings is 1. The van der Waals surface area contributed by atoms with Crippen LogP contribution in [0.15, 0.2) is 36.4 Å². The Balaban J connectivity index is 1.91. The number of aliphatic hydroxyl groups is 1. The van der Waals surface area contributed by atoms with Gasteiger partial charge in [-0.05, 0) is 44.3 Å². The fourth-order valence-electron chi connectivity index (χ4n) is 2.26. The fourth-order valence-corrected chi connectivity index (χ4v) is 2.26. The van der Waals surface area contributed by atoms with Crippen molar-refractivity contribution in [2.45, 2.75) is 12.0 Å². The quantitative estimate of drug-likeness (QED) is 0.609. The minimum absolute atomic E-state index is 0.0491. The topological polar surface area (TPSA) is 41.9 Å². The molecule has 1 heterocycles. The van der Waals surface area contributed by atoms with E-state index in [0.29, 0.717) is 13.2 Å². The first-order valence-electron chi connectivity index (χ1n) is 6.97. The van der Waals surface area contributed by atoms with Crippen molar-refractivity contribution in [2.75, 3.05) is 40.5 Å². The van der Waals surface area contributed by atoms with Crippen molar-refractivity contribution in [1.29, 1.82) is 0 Å². The van der Waals surface area contributed by atoms with Crippen molar-refractivity contribution in [3.8, 4) is 5.75 Å². The Labute approximate surface area is 120 Å². The zero-order chi connectivity index (χ0) is 14.4.